The Labute approximate surface area is 73.5 Å². The first kappa shape index (κ1) is 16.0. The molecule has 0 fully saturated rings. The normalized spacial score (nSPS) is 1.50. The fourth-order valence-electron chi connectivity index (χ4n) is 0. The summed E-state index contributed by atoms with van der Waals surface area (Å²) in [4.78, 5) is 0. The quantitative estimate of drug-likeness (QED) is 0.390. The van der Waals surface area contributed by atoms with E-state index in [9.17, 15) is 0 Å². The summed E-state index contributed by atoms with van der Waals surface area (Å²) in [6.45, 7) is 0. The monoisotopic (exact) mass is 288 g/mol. The Kier molecular flexibility index (Phi) is 71.4. The second-order valence-corrected chi connectivity index (χ2v) is 0. The third-order valence-corrected chi connectivity index (χ3v) is 0. The molecule has 0 N–H and O–H groups in total. The van der Waals surface area contributed by atoms with E-state index < -0.39 is 0 Å². The zero-order valence-electron chi connectivity index (χ0n) is 2.89. The molecule has 0 amide bonds. The van der Waals surface area contributed by atoms with Gasteiger partial charge in [0.2, 0.25) is 0 Å². The van der Waals surface area contributed by atoms with Gasteiger partial charge in [0.05, 0.1) is 0 Å². The minimum absolute atomic E-state index is 0. The van der Waals surface area contributed by atoms with Gasteiger partial charge in [-0.15, -0.1) is 0 Å². The van der Waals surface area contributed by atoms with Gasteiger partial charge in [-0.25, -0.2) is 0 Å². The second kappa shape index (κ2) is 17.8. The van der Waals surface area contributed by atoms with Crippen molar-refractivity contribution < 1.29 is 20.3 Å². The summed E-state index contributed by atoms with van der Waals surface area (Å²) < 4.78 is 0. The predicted octanol–water partition coefficient (Wildman–Crippen LogP) is -5.36. The topological polar surface area (TPSA) is 0 Å². The van der Waals surface area contributed by atoms with E-state index in [2.05, 4.69) is 28.4 Å². The molecule has 0 nitrogen and oxygen atoms in total. The van der Waals surface area contributed by atoms with Crippen molar-refractivity contribution in [1.82, 2.24) is 0 Å². The van der Waals surface area contributed by atoms with Crippen LogP contribution in [0.15, 0.2) is 0 Å². The standard InChI is InChI=1S/In.Li.H2Se2.4H/c;;1-2;;;;/h;;1-2H;;;;/q;+1;;;;;-1. The zero-order chi connectivity index (χ0) is 2.00. The molecule has 0 rings (SSSR count). The molecule has 0 spiro atoms. The zero-order valence-corrected chi connectivity index (χ0v) is 5.65. The van der Waals surface area contributed by atoms with Crippen molar-refractivity contribution in [3.05, 3.63) is 0 Å². The van der Waals surface area contributed by atoms with Crippen LogP contribution in [0.3, 0.4) is 0 Å². The Morgan fingerprint density at radius 1 is 1.25 bits per heavy atom. The molecule has 0 atom stereocenters. The Hall–Kier alpha value is 2.51. The van der Waals surface area contributed by atoms with E-state index >= 15 is 0 Å². The molecule has 0 heterocycles. The van der Waals surface area contributed by atoms with Crippen LogP contribution >= 0.6 is 0 Å². The van der Waals surface area contributed by atoms with Gasteiger partial charge in [0.25, 0.3) is 0 Å². The van der Waals surface area contributed by atoms with Crippen LogP contribution in [0.25, 0.3) is 0 Å². The van der Waals surface area contributed by atoms with Gasteiger partial charge in [-0.1, -0.05) is 0 Å². The van der Waals surface area contributed by atoms with E-state index in [0.29, 0.717) is 0 Å². The molecule has 4 heavy (non-hydrogen) atoms. The first-order chi connectivity index (χ1) is 1.00. The Bertz CT molecular complexity index is 9.61. The molecule has 0 saturated carbocycles. The van der Waals surface area contributed by atoms with E-state index in [1.807, 2.05) is 0 Å². The number of hydrogen-bond acceptors (Lipinski definition) is 0. The van der Waals surface area contributed by atoms with Crippen molar-refractivity contribution in [1.29, 1.82) is 0 Å². The van der Waals surface area contributed by atoms with Gasteiger partial charge in [-0.2, -0.15) is 0 Å². The first-order valence-electron chi connectivity index (χ1n) is 0.200. The summed E-state index contributed by atoms with van der Waals surface area (Å²) >= 11 is 4.50. The van der Waals surface area contributed by atoms with Crippen LogP contribution in [-0.2, 0) is 0 Å². The fraction of sp³-hybridized carbons (Fsp3) is 0. The number of hydrogen-bond donors (Lipinski definition) is 0. The van der Waals surface area contributed by atoms with Crippen molar-refractivity contribution >= 4 is 54.2 Å². The van der Waals surface area contributed by atoms with Crippen molar-refractivity contribution in [2.24, 2.45) is 0 Å². The Morgan fingerprint density at radius 2 is 1.25 bits per heavy atom. The van der Waals surface area contributed by atoms with Gasteiger partial charge >= 0.3 is 73.1 Å². The van der Waals surface area contributed by atoms with Crippen molar-refractivity contribution in [2.45, 2.75) is 0 Å². The molecular weight excluding hydrogens is 280 g/mol. The van der Waals surface area contributed by atoms with Crippen molar-refractivity contribution in [3.8, 4) is 0 Å². The summed E-state index contributed by atoms with van der Waals surface area (Å²) in [5, 5.41) is 0. The molecule has 0 aromatic heterocycles. The molecular formula is H6InLiSe2. The van der Waals surface area contributed by atoms with Crippen LogP contribution in [0.5, 0.6) is 0 Å². The third kappa shape index (κ3) is 8.82. The fourth-order valence-corrected chi connectivity index (χ4v) is 0. The third-order valence-electron chi connectivity index (χ3n) is 0. The van der Waals surface area contributed by atoms with Crippen LogP contribution in [0.2, 0.25) is 0 Å². The molecule has 0 bridgehead atoms. The molecule has 0 aliphatic carbocycles. The summed E-state index contributed by atoms with van der Waals surface area (Å²) in [6, 6.07) is 0. The summed E-state index contributed by atoms with van der Waals surface area (Å²) in [6.07, 6.45) is 0. The van der Waals surface area contributed by atoms with Gasteiger partial charge in [0.1, 0.15) is 0 Å². The molecule has 4 heteroatoms. The predicted molar refractivity (Wildman–Crippen MR) is 25.3 cm³/mol. The van der Waals surface area contributed by atoms with Crippen LogP contribution in [0.1, 0.15) is 1.43 Å². The Morgan fingerprint density at radius 3 is 1.25 bits per heavy atom. The van der Waals surface area contributed by atoms with Gasteiger partial charge in [-0.05, 0) is 0 Å². The van der Waals surface area contributed by atoms with Crippen LogP contribution in [-0.4, -0.2) is 54.2 Å². The summed E-state index contributed by atoms with van der Waals surface area (Å²) in [5.41, 5.74) is 0. The average molecular weight is 286 g/mol. The van der Waals surface area contributed by atoms with E-state index in [0.717, 1.165) is 0 Å². The van der Waals surface area contributed by atoms with Crippen LogP contribution < -0.4 is 18.9 Å². The molecule has 0 unspecified atom stereocenters. The molecule has 22 valence electrons. The first-order valence-corrected chi connectivity index (χ1v) is 5.40. The van der Waals surface area contributed by atoms with Crippen molar-refractivity contribution in [3.63, 3.8) is 0 Å². The van der Waals surface area contributed by atoms with Gasteiger partial charge in [0, 0.05) is 0 Å². The molecule has 0 aromatic rings. The van der Waals surface area contributed by atoms with Crippen LogP contribution in [0, 0.1) is 0 Å². The van der Waals surface area contributed by atoms with E-state index in [-0.39, 0.29) is 46.1 Å². The summed E-state index contributed by atoms with van der Waals surface area (Å²) in [5.74, 6) is 0. The maximum absolute atomic E-state index is 2.25. The molecule has 0 aromatic carbocycles. The molecule has 0 aliphatic heterocycles. The van der Waals surface area contributed by atoms with Gasteiger partial charge in [-0.3, -0.25) is 0 Å². The average Bonchev–Trinajstić information content (AvgIpc) is 1.00. The minimum atomic E-state index is 0. The van der Waals surface area contributed by atoms with E-state index in [4.69, 9.17) is 0 Å². The molecule has 0 radical (unpaired) electrons. The molecule has 0 saturated heterocycles. The van der Waals surface area contributed by atoms with Crippen LogP contribution in [0.4, 0.5) is 0 Å². The van der Waals surface area contributed by atoms with Gasteiger partial charge < -0.3 is 1.43 Å². The Balaban J connectivity index is -0.00000000167. The van der Waals surface area contributed by atoms with E-state index in [1.54, 1.807) is 0 Å². The summed E-state index contributed by atoms with van der Waals surface area (Å²) in [7, 11) is 0. The second-order valence-electron chi connectivity index (χ2n) is 0. The SMILES string of the molecule is [H-].[InH3].[Li+].[SeH][SeH]. The van der Waals surface area contributed by atoms with Crippen molar-refractivity contribution in [2.75, 3.05) is 0 Å². The van der Waals surface area contributed by atoms with Gasteiger partial charge in [0.15, 0.2) is 0 Å². The molecule has 0 aliphatic rings. The van der Waals surface area contributed by atoms with E-state index in [1.165, 1.54) is 0 Å². The maximum atomic E-state index is 2.25. The number of rotatable bonds is 0.